The van der Waals surface area contributed by atoms with Crippen LogP contribution >= 0.6 is 0 Å². The number of aromatic hydroxyl groups is 1. The number of urea groups is 1. The van der Waals surface area contributed by atoms with E-state index in [1.807, 2.05) is 25.1 Å². The number of benzene rings is 2. The molecular formula is C16H17N3O3. The van der Waals surface area contributed by atoms with E-state index >= 15 is 0 Å². The Morgan fingerprint density at radius 1 is 1.23 bits per heavy atom. The van der Waals surface area contributed by atoms with Crippen LogP contribution in [0.4, 0.5) is 10.5 Å². The number of amides is 2. The first-order valence-electron chi connectivity index (χ1n) is 6.63. The highest BCUT2D eigenvalue weighted by Crippen LogP contribution is 2.27. The Balaban J connectivity index is 1.98. The Morgan fingerprint density at radius 3 is 2.73 bits per heavy atom. The minimum Gasteiger partial charge on any atom is -0.504 e. The summed E-state index contributed by atoms with van der Waals surface area (Å²) in [5.41, 5.74) is 4.44. The van der Waals surface area contributed by atoms with Crippen molar-refractivity contribution in [2.75, 3.05) is 12.4 Å². The number of para-hydroxylation sites is 2. The molecule has 0 bridgehead atoms. The van der Waals surface area contributed by atoms with Gasteiger partial charge in [-0.1, -0.05) is 24.3 Å². The van der Waals surface area contributed by atoms with Crippen LogP contribution in [0.2, 0.25) is 0 Å². The Hall–Kier alpha value is -3.02. The molecule has 0 atom stereocenters. The predicted molar refractivity (Wildman–Crippen MR) is 85.6 cm³/mol. The van der Waals surface area contributed by atoms with Gasteiger partial charge in [0, 0.05) is 11.3 Å². The number of aryl methyl sites for hydroxylation is 1. The molecule has 0 unspecified atom stereocenters. The molecule has 2 aromatic rings. The number of phenols is 1. The average Bonchev–Trinajstić information content (AvgIpc) is 2.51. The molecule has 114 valence electrons. The molecule has 0 aliphatic rings. The van der Waals surface area contributed by atoms with E-state index in [2.05, 4.69) is 15.8 Å². The van der Waals surface area contributed by atoms with E-state index in [1.165, 1.54) is 13.3 Å². The van der Waals surface area contributed by atoms with Crippen molar-refractivity contribution in [1.29, 1.82) is 0 Å². The lowest BCUT2D eigenvalue weighted by molar-refractivity contribution is 0.252. The van der Waals surface area contributed by atoms with Crippen molar-refractivity contribution in [1.82, 2.24) is 5.43 Å². The molecule has 0 aliphatic carbocycles. The molecule has 0 fully saturated rings. The summed E-state index contributed by atoms with van der Waals surface area (Å²) in [6, 6.07) is 12.0. The van der Waals surface area contributed by atoms with Crippen molar-refractivity contribution in [2.24, 2.45) is 5.10 Å². The first-order valence-corrected chi connectivity index (χ1v) is 6.63. The maximum atomic E-state index is 11.7. The van der Waals surface area contributed by atoms with E-state index in [0.717, 1.165) is 5.56 Å². The molecule has 0 heterocycles. The standard InChI is InChI=1S/C16H17N3O3/c1-11-6-3-4-8-13(11)18-16(21)19-17-10-12-7-5-9-14(22-2)15(12)20/h3-10,20H,1-2H3,(H2,18,19,21)/b17-10+. The number of rotatable bonds is 4. The van der Waals surface area contributed by atoms with Crippen LogP contribution in [0.5, 0.6) is 11.5 Å². The van der Waals surface area contributed by atoms with Gasteiger partial charge in [-0.05, 0) is 30.7 Å². The van der Waals surface area contributed by atoms with Crippen molar-refractivity contribution >= 4 is 17.9 Å². The summed E-state index contributed by atoms with van der Waals surface area (Å²) in [5, 5.41) is 16.4. The van der Waals surface area contributed by atoms with Gasteiger partial charge in [0.15, 0.2) is 11.5 Å². The van der Waals surface area contributed by atoms with Gasteiger partial charge in [-0.3, -0.25) is 0 Å². The SMILES string of the molecule is COc1cccc(/C=N/NC(=O)Nc2ccccc2C)c1O. The number of hydrogen-bond acceptors (Lipinski definition) is 4. The fourth-order valence-electron chi connectivity index (χ4n) is 1.83. The van der Waals surface area contributed by atoms with Crippen molar-refractivity contribution in [2.45, 2.75) is 6.92 Å². The summed E-state index contributed by atoms with van der Waals surface area (Å²) >= 11 is 0. The van der Waals surface area contributed by atoms with E-state index in [4.69, 9.17) is 4.74 Å². The van der Waals surface area contributed by atoms with Gasteiger partial charge in [0.25, 0.3) is 0 Å². The fraction of sp³-hybridized carbons (Fsp3) is 0.125. The van der Waals surface area contributed by atoms with Gasteiger partial charge in [0.2, 0.25) is 0 Å². The molecule has 2 amide bonds. The van der Waals surface area contributed by atoms with Crippen LogP contribution in [0.1, 0.15) is 11.1 Å². The van der Waals surface area contributed by atoms with Crippen LogP contribution in [0, 0.1) is 6.92 Å². The molecular weight excluding hydrogens is 282 g/mol. The van der Waals surface area contributed by atoms with Crippen molar-refractivity contribution in [3.05, 3.63) is 53.6 Å². The summed E-state index contributed by atoms with van der Waals surface area (Å²) in [4.78, 5) is 11.7. The third-order valence-corrected chi connectivity index (χ3v) is 3.01. The van der Waals surface area contributed by atoms with Gasteiger partial charge >= 0.3 is 6.03 Å². The first-order chi connectivity index (χ1) is 10.6. The third kappa shape index (κ3) is 3.76. The third-order valence-electron chi connectivity index (χ3n) is 3.01. The number of carbonyl (C=O) groups excluding carboxylic acids is 1. The number of anilines is 1. The van der Waals surface area contributed by atoms with Gasteiger partial charge in [0.05, 0.1) is 13.3 Å². The van der Waals surface area contributed by atoms with Crippen LogP contribution in [0.25, 0.3) is 0 Å². The quantitative estimate of drug-likeness (QED) is 0.599. The molecule has 0 aliphatic heterocycles. The lowest BCUT2D eigenvalue weighted by Gasteiger charge is -2.07. The Labute approximate surface area is 128 Å². The Morgan fingerprint density at radius 2 is 2.00 bits per heavy atom. The fourth-order valence-corrected chi connectivity index (χ4v) is 1.83. The first kappa shape index (κ1) is 15.4. The van der Waals surface area contributed by atoms with Crippen LogP contribution < -0.4 is 15.5 Å². The summed E-state index contributed by atoms with van der Waals surface area (Å²) in [6.45, 7) is 1.90. The van der Waals surface area contributed by atoms with Crippen LogP contribution in [0.15, 0.2) is 47.6 Å². The second kappa shape index (κ2) is 7.12. The zero-order valence-corrected chi connectivity index (χ0v) is 12.3. The predicted octanol–water partition coefficient (Wildman–Crippen LogP) is 2.86. The molecule has 0 radical (unpaired) electrons. The highest BCUT2D eigenvalue weighted by atomic mass is 16.5. The van der Waals surface area contributed by atoms with Gasteiger partial charge in [-0.25, -0.2) is 10.2 Å². The molecule has 0 saturated carbocycles. The number of phenolic OH excluding ortho intramolecular Hbond substituents is 1. The summed E-state index contributed by atoms with van der Waals surface area (Å²) < 4.78 is 4.99. The number of nitrogens with one attached hydrogen (secondary N) is 2. The largest absolute Gasteiger partial charge is 0.504 e. The zero-order valence-electron chi connectivity index (χ0n) is 12.3. The van der Waals surface area contributed by atoms with E-state index in [1.54, 1.807) is 24.3 Å². The number of carbonyl (C=O) groups is 1. The van der Waals surface area contributed by atoms with E-state index in [9.17, 15) is 9.90 Å². The summed E-state index contributed by atoms with van der Waals surface area (Å²) in [6.07, 6.45) is 1.34. The van der Waals surface area contributed by atoms with E-state index < -0.39 is 6.03 Å². The second-order valence-corrected chi connectivity index (χ2v) is 4.54. The summed E-state index contributed by atoms with van der Waals surface area (Å²) in [7, 11) is 1.46. The number of methoxy groups -OCH3 is 1. The number of nitrogens with zero attached hydrogens (tertiary/aromatic N) is 1. The van der Waals surface area contributed by atoms with Crippen molar-refractivity contribution in [3.63, 3.8) is 0 Å². The lowest BCUT2D eigenvalue weighted by atomic mass is 10.2. The zero-order chi connectivity index (χ0) is 15.9. The maximum Gasteiger partial charge on any atom is 0.339 e. The van der Waals surface area contributed by atoms with Gasteiger partial charge in [-0.15, -0.1) is 0 Å². The smallest absolute Gasteiger partial charge is 0.339 e. The minimum absolute atomic E-state index is 0.0325. The molecule has 2 rings (SSSR count). The molecule has 0 saturated heterocycles. The van der Waals surface area contributed by atoms with Crippen molar-refractivity contribution in [3.8, 4) is 11.5 Å². The normalized spacial score (nSPS) is 10.5. The lowest BCUT2D eigenvalue weighted by Crippen LogP contribution is -2.24. The van der Waals surface area contributed by atoms with Gasteiger partial charge in [-0.2, -0.15) is 5.10 Å². The van der Waals surface area contributed by atoms with Gasteiger partial charge < -0.3 is 15.2 Å². The highest BCUT2D eigenvalue weighted by Gasteiger charge is 2.05. The Bertz CT molecular complexity index is 699. The molecule has 0 aromatic heterocycles. The summed E-state index contributed by atoms with van der Waals surface area (Å²) in [5.74, 6) is 0.308. The van der Waals surface area contributed by atoms with E-state index in [0.29, 0.717) is 17.0 Å². The number of hydrogen-bond donors (Lipinski definition) is 3. The average molecular weight is 299 g/mol. The van der Waals surface area contributed by atoms with Crippen molar-refractivity contribution < 1.29 is 14.6 Å². The maximum absolute atomic E-state index is 11.7. The molecule has 6 nitrogen and oxygen atoms in total. The van der Waals surface area contributed by atoms with Gasteiger partial charge in [0.1, 0.15) is 0 Å². The van der Waals surface area contributed by atoms with Crippen LogP contribution in [0.3, 0.4) is 0 Å². The molecule has 3 N–H and O–H groups in total. The second-order valence-electron chi connectivity index (χ2n) is 4.54. The Kier molecular flexibility index (Phi) is 4.98. The van der Waals surface area contributed by atoms with Crippen LogP contribution in [-0.4, -0.2) is 24.5 Å². The minimum atomic E-state index is -0.465. The molecule has 2 aromatic carbocycles. The monoisotopic (exact) mass is 299 g/mol. The highest BCUT2D eigenvalue weighted by molar-refractivity contribution is 5.91. The molecule has 22 heavy (non-hydrogen) atoms. The number of ether oxygens (including phenoxy) is 1. The topological polar surface area (TPSA) is 83.0 Å². The molecule has 0 spiro atoms. The van der Waals surface area contributed by atoms with E-state index in [-0.39, 0.29) is 5.75 Å². The number of hydrazone groups is 1. The molecule has 6 heteroatoms. The van der Waals surface area contributed by atoms with Crippen LogP contribution in [-0.2, 0) is 0 Å².